The van der Waals surface area contributed by atoms with E-state index < -0.39 is 47.0 Å². The Balaban J connectivity index is 1.79. The second-order valence-electron chi connectivity index (χ2n) is 7.73. The second kappa shape index (κ2) is 8.84. The molecule has 1 aromatic rings. The van der Waals surface area contributed by atoms with Crippen LogP contribution in [0.15, 0.2) is 18.2 Å². The fourth-order valence-electron chi connectivity index (χ4n) is 4.20. The summed E-state index contributed by atoms with van der Waals surface area (Å²) in [5.74, 6) is 0.631. The van der Waals surface area contributed by atoms with Crippen molar-refractivity contribution in [2.24, 2.45) is 0 Å². The quantitative estimate of drug-likeness (QED) is 0.503. The molecular weight excluding hydrogens is 404 g/mol. The molecule has 10 heteroatoms. The number of benzene rings is 1. The van der Waals surface area contributed by atoms with E-state index in [9.17, 15) is 23.7 Å². The van der Waals surface area contributed by atoms with E-state index in [1.54, 1.807) is 13.0 Å². The fraction of sp³-hybridized carbons (Fsp3) is 0.684. The average Bonchev–Trinajstić information content (AvgIpc) is 2.68. The number of rotatable bonds is 5. The molecule has 1 saturated heterocycles. The molecule has 1 aliphatic carbocycles. The first kappa shape index (κ1) is 22.4. The first-order chi connectivity index (χ1) is 13.6. The van der Waals surface area contributed by atoms with Gasteiger partial charge in [0, 0.05) is 5.56 Å². The molecule has 0 bridgehead atoms. The van der Waals surface area contributed by atoms with Gasteiger partial charge in [0.2, 0.25) is 0 Å². The SMILES string of the molecule is COc1ccc(C2CCC(OS(=O)(=O)O)CC2)cc1[C@H]1O[C@@H](C)[C@@H](O)[C@@H](O)[C@@H]1O. The monoisotopic (exact) mass is 432 g/mol. The van der Waals surface area contributed by atoms with Crippen molar-refractivity contribution in [3.05, 3.63) is 29.3 Å². The topological polar surface area (TPSA) is 143 Å². The molecule has 0 aromatic heterocycles. The zero-order chi connectivity index (χ0) is 21.3. The van der Waals surface area contributed by atoms with Gasteiger partial charge in [0.1, 0.15) is 30.2 Å². The highest BCUT2D eigenvalue weighted by atomic mass is 32.3. The largest absolute Gasteiger partial charge is 0.496 e. The third-order valence-corrected chi connectivity index (χ3v) is 6.33. The van der Waals surface area contributed by atoms with Gasteiger partial charge in [0.05, 0.1) is 19.3 Å². The van der Waals surface area contributed by atoms with E-state index in [1.807, 2.05) is 12.1 Å². The van der Waals surface area contributed by atoms with Crippen molar-refractivity contribution < 1.29 is 41.9 Å². The third-order valence-electron chi connectivity index (χ3n) is 5.82. The second-order valence-corrected chi connectivity index (χ2v) is 8.78. The summed E-state index contributed by atoms with van der Waals surface area (Å²) < 4.78 is 46.5. The molecule has 5 atom stereocenters. The van der Waals surface area contributed by atoms with Crippen LogP contribution in [0.3, 0.4) is 0 Å². The van der Waals surface area contributed by atoms with Gasteiger partial charge in [-0.25, -0.2) is 4.18 Å². The van der Waals surface area contributed by atoms with Gasteiger partial charge in [-0.15, -0.1) is 0 Å². The molecule has 164 valence electrons. The number of aliphatic hydroxyl groups is 3. The van der Waals surface area contributed by atoms with Gasteiger partial charge in [-0.3, -0.25) is 4.55 Å². The Morgan fingerprint density at radius 2 is 1.69 bits per heavy atom. The van der Waals surface area contributed by atoms with Crippen molar-refractivity contribution in [1.82, 2.24) is 0 Å². The molecule has 29 heavy (non-hydrogen) atoms. The lowest BCUT2D eigenvalue weighted by molar-refractivity contribution is -0.219. The van der Waals surface area contributed by atoms with Gasteiger partial charge in [-0.1, -0.05) is 6.07 Å². The lowest BCUT2D eigenvalue weighted by Crippen LogP contribution is -2.53. The molecule has 4 N–H and O–H groups in total. The van der Waals surface area contributed by atoms with Crippen molar-refractivity contribution in [3.8, 4) is 5.75 Å². The zero-order valence-corrected chi connectivity index (χ0v) is 17.2. The molecule has 1 aliphatic heterocycles. The summed E-state index contributed by atoms with van der Waals surface area (Å²) in [5, 5.41) is 30.5. The van der Waals surface area contributed by atoms with Crippen LogP contribution >= 0.6 is 0 Å². The summed E-state index contributed by atoms with van der Waals surface area (Å²) in [6, 6.07) is 5.53. The number of methoxy groups -OCH3 is 1. The van der Waals surface area contributed by atoms with Crippen LogP contribution < -0.4 is 4.74 Å². The van der Waals surface area contributed by atoms with Gasteiger partial charge in [-0.2, -0.15) is 8.42 Å². The Morgan fingerprint density at radius 3 is 2.28 bits per heavy atom. The average molecular weight is 432 g/mol. The Labute approximate surface area is 170 Å². The van der Waals surface area contributed by atoms with Gasteiger partial charge < -0.3 is 24.8 Å². The third kappa shape index (κ3) is 5.08. The summed E-state index contributed by atoms with van der Waals surface area (Å²) in [7, 11) is -2.96. The van der Waals surface area contributed by atoms with Crippen LogP contribution in [0.5, 0.6) is 5.75 Å². The molecule has 0 unspecified atom stereocenters. The number of aliphatic hydroxyl groups excluding tert-OH is 3. The molecule has 1 heterocycles. The summed E-state index contributed by atoms with van der Waals surface area (Å²) in [6.45, 7) is 1.62. The predicted molar refractivity (Wildman–Crippen MR) is 102 cm³/mol. The van der Waals surface area contributed by atoms with E-state index in [0.29, 0.717) is 37.0 Å². The number of hydrogen-bond donors (Lipinski definition) is 4. The van der Waals surface area contributed by atoms with E-state index in [2.05, 4.69) is 4.18 Å². The highest BCUT2D eigenvalue weighted by Gasteiger charge is 2.43. The minimum Gasteiger partial charge on any atom is -0.496 e. The van der Waals surface area contributed by atoms with Gasteiger partial charge in [0.15, 0.2) is 0 Å². The predicted octanol–water partition coefficient (Wildman–Crippen LogP) is 1.08. The summed E-state index contributed by atoms with van der Waals surface area (Å²) in [5.41, 5.74) is 1.54. The van der Waals surface area contributed by atoms with Crippen molar-refractivity contribution in [2.45, 2.75) is 75.1 Å². The zero-order valence-electron chi connectivity index (χ0n) is 16.3. The van der Waals surface area contributed by atoms with E-state index in [1.165, 1.54) is 7.11 Å². The maximum atomic E-state index is 10.9. The maximum absolute atomic E-state index is 10.9. The molecule has 0 radical (unpaired) electrons. The first-order valence-electron chi connectivity index (χ1n) is 9.64. The van der Waals surface area contributed by atoms with Crippen LogP contribution in [-0.4, -0.2) is 65.9 Å². The van der Waals surface area contributed by atoms with Crippen LogP contribution in [0.25, 0.3) is 0 Å². The van der Waals surface area contributed by atoms with Crippen LogP contribution in [0, 0.1) is 0 Å². The highest BCUT2D eigenvalue weighted by Crippen LogP contribution is 2.41. The van der Waals surface area contributed by atoms with Crippen molar-refractivity contribution in [3.63, 3.8) is 0 Å². The van der Waals surface area contributed by atoms with Crippen molar-refractivity contribution in [1.29, 1.82) is 0 Å². The molecule has 1 aromatic carbocycles. The molecule has 3 rings (SSSR count). The van der Waals surface area contributed by atoms with Crippen LogP contribution in [-0.2, 0) is 19.3 Å². The lowest BCUT2D eigenvalue weighted by atomic mass is 9.81. The molecule has 2 fully saturated rings. The molecule has 9 nitrogen and oxygen atoms in total. The van der Waals surface area contributed by atoms with Crippen LogP contribution in [0.4, 0.5) is 0 Å². The minimum atomic E-state index is -4.46. The lowest BCUT2D eigenvalue weighted by Gasteiger charge is -2.40. The number of ether oxygens (including phenoxy) is 2. The standard InChI is InChI=1S/C19H28O9S/c1-10-16(20)17(21)18(22)19(27-10)14-9-12(5-8-15(14)26-2)11-3-6-13(7-4-11)28-29(23,24)25/h5,8-11,13,16-22H,3-4,6-7H2,1-2H3,(H,23,24,25)/t10-,11?,13?,16+,17+,18-,19+/m0/s1. The Morgan fingerprint density at radius 1 is 1.03 bits per heavy atom. The summed E-state index contributed by atoms with van der Waals surface area (Å²) in [6.07, 6.45) is -3.62. The maximum Gasteiger partial charge on any atom is 0.397 e. The summed E-state index contributed by atoms with van der Waals surface area (Å²) in [4.78, 5) is 0. The Bertz CT molecular complexity index is 804. The Kier molecular flexibility index (Phi) is 6.84. The van der Waals surface area contributed by atoms with E-state index in [0.717, 1.165) is 5.56 Å². The first-order valence-corrected chi connectivity index (χ1v) is 11.0. The number of hydrogen-bond acceptors (Lipinski definition) is 8. The van der Waals surface area contributed by atoms with E-state index >= 15 is 0 Å². The normalized spacial score (nSPS) is 36.0. The highest BCUT2D eigenvalue weighted by molar-refractivity contribution is 7.80. The fourth-order valence-corrected chi connectivity index (χ4v) is 4.74. The van der Waals surface area contributed by atoms with Crippen molar-refractivity contribution in [2.75, 3.05) is 7.11 Å². The van der Waals surface area contributed by atoms with E-state index in [-0.39, 0.29) is 5.92 Å². The van der Waals surface area contributed by atoms with E-state index in [4.69, 9.17) is 14.0 Å². The molecule has 2 aliphatic rings. The smallest absolute Gasteiger partial charge is 0.397 e. The molecular formula is C19H28O9S. The summed E-state index contributed by atoms with van der Waals surface area (Å²) >= 11 is 0. The van der Waals surface area contributed by atoms with Gasteiger partial charge >= 0.3 is 10.4 Å². The van der Waals surface area contributed by atoms with Crippen molar-refractivity contribution >= 4 is 10.4 Å². The molecule has 1 saturated carbocycles. The Hall–Kier alpha value is -1.27. The molecule has 0 amide bonds. The minimum absolute atomic E-state index is 0.134. The van der Waals surface area contributed by atoms with Gasteiger partial charge in [-0.05, 0) is 56.2 Å². The van der Waals surface area contributed by atoms with Gasteiger partial charge in [0.25, 0.3) is 0 Å². The molecule has 0 spiro atoms. The van der Waals surface area contributed by atoms with Crippen LogP contribution in [0.2, 0.25) is 0 Å². The van der Waals surface area contributed by atoms with Crippen LogP contribution in [0.1, 0.15) is 55.8 Å².